The van der Waals surface area contributed by atoms with Gasteiger partial charge >= 0.3 is 0 Å². The Balaban J connectivity index is 1.82. The molecule has 122 valence electrons. The third kappa shape index (κ3) is 4.68. The Labute approximate surface area is 130 Å². The fourth-order valence-electron chi connectivity index (χ4n) is 2.76. The van der Waals surface area contributed by atoms with E-state index in [-0.39, 0.29) is 11.3 Å². The number of ether oxygens (including phenoxy) is 1. The molecule has 1 atom stereocenters. The number of amides is 1. The van der Waals surface area contributed by atoms with Crippen LogP contribution in [0.25, 0.3) is 0 Å². The minimum atomic E-state index is -0.706. The quantitative estimate of drug-likeness (QED) is 0.838. The van der Waals surface area contributed by atoms with Gasteiger partial charge in [0, 0.05) is 32.8 Å². The van der Waals surface area contributed by atoms with Crippen molar-refractivity contribution < 1.29 is 19.0 Å². The van der Waals surface area contributed by atoms with Gasteiger partial charge in [0.1, 0.15) is 11.6 Å². The maximum absolute atomic E-state index is 13.6. The number of piperidine rings is 1. The van der Waals surface area contributed by atoms with Gasteiger partial charge in [-0.25, -0.2) is 4.39 Å². The third-order valence-electron chi connectivity index (χ3n) is 3.96. The number of likely N-dealkylation sites (tertiary alicyclic amines) is 1. The number of rotatable bonds is 6. The first-order valence-corrected chi connectivity index (χ1v) is 7.58. The molecule has 1 heterocycles. The van der Waals surface area contributed by atoms with E-state index in [1.165, 1.54) is 12.1 Å². The van der Waals surface area contributed by atoms with E-state index in [2.05, 4.69) is 10.2 Å². The summed E-state index contributed by atoms with van der Waals surface area (Å²) in [7, 11) is 1.69. The van der Waals surface area contributed by atoms with Crippen molar-refractivity contribution in [2.75, 3.05) is 39.9 Å². The molecule has 5 nitrogen and oxygen atoms in total. The van der Waals surface area contributed by atoms with Crippen LogP contribution in [0.4, 0.5) is 4.39 Å². The van der Waals surface area contributed by atoms with Gasteiger partial charge in [-0.2, -0.15) is 0 Å². The monoisotopic (exact) mass is 310 g/mol. The summed E-state index contributed by atoms with van der Waals surface area (Å²) in [6.07, 6.45) is 2.15. The van der Waals surface area contributed by atoms with E-state index in [0.717, 1.165) is 38.5 Å². The smallest absolute Gasteiger partial charge is 0.254 e. The number of halogens is 1. The Morgan fingerprint density at radius 1 is 1.55 bits per heavy atom. The molecule has 1 aromatic carbocycles. The van der Waals surface area contributed by atoms with Gasteiger partial charge in [0.2, 0.25) is 0 Å². The fourth-order valence-corrected chi connectivity index (χ4v) is 2.76. The fraction of sp³-hybridized carbons (Fsp3) is 0.562. The summed E-state index contributed by atoms with van der Waals surface area (Å²) in [6.45, 7) is 4.11. The molecule has 22 heavy (non-hydrogen) atoms. The molecule has 6 heteroatoms. The SMILES string of the molecule is COCCN1CCC[C@H](CNC(=O)c2ccc(O)cc2F)C1. The molecule has 0 radical (unpaired) electrons. The zero-order valence-corrected chi connectivity index (χ0v) is 12.8. The number of methoxy groups -OCH3 is 1. The Hall–Kier alpha value is -1.66. The van der Waals surface area contributed by atoms with Crippen LogP contribution in [0.5, 0.6) is 5.75 Å². The average Bonchev–Trinajstić information content (AvgIpc) is 2.51. The molecule has 0 unspecified atom stereocenters. The van der Waals surface area contributed by atoms with Crippen molar-refractivity contribution in [1.82, 2.24) is 10.2 Å². The Kier molecular flexibility index (Phi) is 6.15. The van der Waals surface area contributed by atoms with Gasteiger partial charge in [-0.3, -0.25) is 4.79 Å². The summed E-state index contributed by atoms with van der Waals surface area (Å²) < 4.78 is 18.7. The normalized spacial score (nSPS) is 19.1. The van der Waals surface area contributed by atoms with Crippen molar-refractivity contribution in [1.29, 1.82) is 0 Å². The highest BCUT2D eigenvalue weighted by molar-refractivity contribution is 5.94. The van der Waals surface area contributed by atoms with Crippen LogP contribution < -0.4 is 5.32 Å². The minimum Gasteiger partial charge on any atom is -0.508 e. The van der Waals surface area contributed by atoms with Gasteiger partial charge < -0.3 is 20.1 Å². The first-order chi connectivity index (χ1) is 10.6. The van der Waals surface area contributed by atoms with Crippen LogP contribution in [0.3, 0.4) is 0 Å². The van der Waals surface area contributed by atoms with E-state index < -0.39 is 11.7 Å². The second-order valence-electron chi connectivity index (χ2n) is 5.68. The topological polar surface area (TPSA) is 61.8 Å². The van der Waals surface area contributed by atoms with Crippen molar-refractivity contribution in [3.63, 3.8) is 0 Å². The van der Waals surface area contributed by atoms with Crippen molar-refractivity contribution >= 4 is 5.91 Å². The number of aromatic hydroxyl groups is 1. The predicted octanol–water partition coefficient (Wildman–Crippen LogP) is 1.62. The molecule has 2 rings (SSSR count). The van der Waals surface area contributed by atoms with Crippen LogP contribution >= 0.6 is 0 Å². The highest BCUT2D eigenvalue weighted by Crippen LogP contribution is 2.17. The van der Waals surface area contributed by atoms with E-state index in [4.69, 9.17) is 9.84 Å². The van der Waals surface area contributed by atoms with Gasteiger partial charge in [-0.1, -0.05) is 0 Å². The number of carbonyl (C=O) groups excluding carboxylic acids is 1. The molecule has 1 saturated heterocycles. The average molecular weight is 310 g/mol. The lowest BCUT2D eigenvalue weighted by Gasteiger charge is -2.32. The maximum Gasteiger partial charge on any atom is 0.254 e. The lowest BCUT2D eigenvalue weighted by atomic mass is 9.98. The number of nitrogens with one attached hydrogen (secondary N) is 1. The van der Waals surface area contributed by atoms with E-state index in [9.17, 15) is 9.18 Å². The molecule has 1 aromatic rings. The van der Waals surface area contributed by atoms with E-state index >= 15 is 0 Å². The molecule has 1 fully saturated rings. The predicted molar refractivity (Wildman–Crippen MR) is 81.4 cm³/mol. The molecular formula is C16H23FN2O3. The number of hydrogen-bond donors (Lipinski definition) is 2. The zero-order chi connectivity index (χ0) is 15.9. The van der Waals surface area contributed by atoms with Crippen molar-refractivity contribution in [3.8, 4) is 5.75 Å². The van der Waals surface area contributed by atoms with E-state index in [0.29, 0.717) is 19.1 Å². The molecule has 0 aliphatic carbocycles. The van der Waals surface area contributed by atoms with Crippen LogP contribution in [-0.4, -0.2) is 55.8 Å². The van der Waals surface area contributed by atoms with Gasteiger partial charge in [0.05, 0.1) is 12.2 Å². The highest BCUT2D eigenvalue weighted by atomic mass is 19.1. The van der Waals surface area contributed by atoms with Gasteiger partial charge in [0.25, 0.3) is 5.91 Å². The summed E-state index contributed by atoms with van der Waals surface area (Å²) >= 11 is 0. The number of phenols is 1. The first kappa shape index (κ1) is 16.7. The van der Waals surface area contributed by atoms with Gasteiger partial charge in [-0.05, 0) is 37.4 Å². The Bertz CT molecular complexity index is 510. The van der Waals surface area contributed by atoms with E-state index in [1.807, 2.05) is 0 Å². The van der Waals surface area contributed by atoms with Crippen LogP contribution in [0.1, 0.15) is 23.2 Å². The molecule has 2 N–H and O–H groups in total. The van der Waals surface area contributed by atoms with Gasteiger partial charge in [-0.15, -0.1) is 0 Å². The third-order valence-corrected chi connectivity index (χ3v) is 3.96. The lowest BCUT2D eigenvalue weighted by molar-refractivity contribution is 0.0909. The largest absolute Gasteiger partial charge is 0.508 e. The van der Waals surface area contributed by atoms with Crippen LogP contribution in [0.15, 0.2) is 18.2 Å². The molecule has 0 saturated carbocycles. The van der Waals surface area contributed by atoms with Crippen LogP contribution in [0, 0.1) is 11.7 Å². The second kappa shape index (κ2) is 8.10. The molecule has 1 amide bonds. The minimum absolute atomic E-state index is 0.0372. The summed E-state index contributed by atoms with van der Waals surface area (Å²) in [5, 5.41) is 12.0. The van der Waals surface area contributed by atoms with Gasteiger partial charge in [0.15, 0.2) is 0 Å². The summed E-state index contributed by atoms with van der Waals surface area (Å²) in [6, 6.07) is 3.55. The number of hydrogen-bond acceptors (Lipinski definition) is 4. The molecule has 0 aromatic heterocycles. The summed E-state index contributed by atoms with van der Waals surface area (Å²) in [5.41, 5.74) is -0.0372. The van der Waals surface area contributed by atoms with Crippen LogP contribution in [0.2, 0.25) is 0 Å². The number of nitrogens with zero attached hydrogens (tertiary/aromatic N) is 1. The standard InChI is InChI=1S/C16H23FN2O3/c1-22-8-7-19-6-2-3-12(11-19)10-18-16(21)14-5-4-13(20)9-15(14)17/h4-5,9,12,20H,2-3,6-8,10-11H2,1H3,(H,18,21)/t12-/m1/s1. The lowest BCUT2D eigenvalue weighted by Crippen LogP contribution is -2.42. The first-order valence-electron chi connectivity index (χ1n) is 7.58. The summed E-state index contributed by atoms with van der Waals surface area (Å²) in [5.74, 6) is -0.959. The molecule has 0 spiro atoms. The molecule has 0 bridgehead atoms. The number of benzene rings is 1. The van der Waals surface area contributed by atoms with Crippen molar-refractivity contribution in [3.05, 3.63) is 29.6 Å². The van der Waals surface area contributed by atoms with Crippen molar-refractivity contribution in [2.45, 2.75) is 12.8 Å². The van der Waals surface area contributed by atoms with Crippen LogP contribution in [-0.2, 0) is 4.74 Å². The molecule has 1 aliphatic heterocycles. The summed E-state index contributed by atoms with van der Waals surface area (Å²) in [4.78, 5) is 14.3. The second-order valence-corrected chi connectivity index (χ2v) is 5.68. The van der Waals surface area contributed by atoms with Crippen molar-refractivity contribution in [2.24, 2.45) is 5.92 Å². The maximum atomic E-state index is 13.6. The molecular weight excluding hydrogens is 287 g/mol. The number of phenolic OH excluding ortho intramolecular Hbond substituents is 1. The Morgan fingerprint density at radius 2 is 2.36 bits per heavy atom. The highest BCUT2D eigenvalue weighted by Gasteiger charge is 2.21. The molecule has 1 aliphatic rings. The zero-order valence-electron chi connectivity index (χ0n) is 12.8. The Morgan fingerprint density at radius 3 is 3.09 bits per heavy atom. The number of carbonyl (C=O) groups is 1. The van der Waals surface area contributed by atoms with E-state index in [1.54, 1.807) is 7.11 Å².